The first-order chi connectivity index (χ1) is 6.61. The molecule has 0 bridgehead atoms. The van der Waals surface area contributed by atoms with Crippen molar-refractivity contribution < 1.29 is 4.74 Å². The lowest BCUT2D eigenvalue weighted by Gasteiger charge is -2.25. The summed E-state index contributed by atoms with van der Waals surface area (Å²) in [6.45, 7) is 6.47. The summed E-state index contributed by atoms with van der Waals surface area (Å²) in [5.41, 5.74) is 0. The summed E-state index contributed by atoms with van der Waals surface area (Å²) in [5, 5.41) is 0. The van der Waals surface area contributed by atoms with Gasteiger partial charge in [0.25, 0.3) is 0 Å². The molecule has 2 nitrogen and oxygen atoms in total. The van der Waals surface area contributed by atoms with E-state index >= 15 is 0 Å². The van der Waals surface area contributed by atoms with Crippen molar-refractivity contribution in [1.29, 1.82) is 0 Å². The average Bonchev–Trinajstić information content (AvgIpc) is 2.15. The van der Waals surface area contributed by atoms with Crippen molar-refractivity contribution in [1.82, 2.24) is 4.90 Å². The highest BCUT2D eigenvalue weighted by Crippen LogP contribution is 2.09. The number of nitrogens with zero attached hydrogens (tertiary/aromatic N) is 1. The minimum absolute atomic E-state index is 0.517. The van der Waals surface area contributed by atoms with Crippen LogP contribution in [0.15, 0.2) is 0 Å². The fourth-order valence-corrected chi connectivity index (χ4v) is 1.82. The van der Waals surface area contributed by atoms with Gasteiger partial charge in [0.05, 0.1) is 6.61 Å². The average molecular weight is 219 g/mol. The van der Waals surface area contributed by atoms with E-state index in [1.54, 1.807) is 7.11 Å². The van der Waals surface area contributed by atoms with Crippen molar-refractivity contribution in [3.63, 3.8) is 0 Å². The number of methoxy groups -OCH3 is 1. The molecule has 0 N–H and O–H groups in total. The number of thiol groups is 1. The zero-order valence-corrected chi connectivity index (χ0v) is 10.9. The smallest absolute Gasteiger partial charge is 0.0615 e. The van der Waals surface area contributed by atoms with Gasteiger partial charge in [0, 0.05) is 13.2 Å². The van der Waals surface area contributed by atoms with Crippen LogP contribution in [-0.4, -0.2) is 44.0 Å². The molecule has 3 heteroatoms. The Bertz CT molecular complexity index is 132. The summed E-state index contributed by atoms with van der Waals surface area (Å²) >= 11 is 4.25. The monoisotopic (exact) mass is 219 g/mol. The van der Waals surface area contributed by atoms with Gasteiger partial charge in [0.15, 0.2) is 0 Å². The molecule has 0 radical (unpaired) electrons. The van der Waals surface area contributed by atoms with Crippen LogP contribution in [0.2, 0.25) is 0 Å². The van der Waals surface area contributed by atoms with Crippen LogP contribution in [0.3, 0.4) is 0 Å². The molecule has 2 atom stereocenters. The van der Waals surface area contributed by atoms with Crippen molar-refractivity contribution >= 4 is 12.6 Å². The molecule has 0 aromatic rings. The standard InChI is InChI=1S/C11H25NOS/c1-10(6-8-14)5-7-12(3)11(2)9-13-4/h10-11,14H,5-9H2,1-4H3. The molecular formula is C11H25NOS. The van der Waals surface area contributed by atoms with Crippen LogP contribution in [0.1, 0.15) is 26.7 Å². The third-order valence-corrected chi connectivity index (χ3v) is 3.02. The number of hydrogen-bond donors (Lipinski definition) is 1. The zero-order chi connectivity index (χ0) is 11.0. The van der Waals surface area contributed by atoms with Crippen molar-refractivity contribution in [2.45, 2.75) is 32.7 Å². The maximum Gasteiger partial charge on any atom is 0.0615 e. The quantitative estimate of drug-likeness (QED) is 0.629. The van der Waals surface area contributed by atoms with E-state index < -0.39 is 0 Å². The van der Waals surface area contributed by atoms with Gasteiger partial charge in [-0.05, 0) is 45.0 Å². The van der Waals surface area contributed by atoms with Gasteiger partial charge in [-0.2, -0.15) is 12.6 Å². The van der Waals surface area contributed by atoms with Gasteiger partial charge in [-0.25, -0.2) is 0 Å². The fraction of sp³-hybridized carbons (Fsp3) is 1.00. The Hall–Kier alpha value is 0.270. The summed E-state index contributed by atoms with van der Waals surface area (Å²) in [6, 6.07) is 0.517. The Labute approximate surface area is 94.4 Å². The Balaban J connectivity index is 3.56. The maximum atomic E-state index is 5.13. The first kappa shape index (κ1) is 14.3. The number of hydrogen-bond acceptors (Lipinski definition) is 3. The largest absolute Gasteiger partial charge is 0.383 e. The van der Waals surface area contributed by atoms with Gasteiger partial charge < -0.3 is 9.64 Å². The first-order valence-electron chi connectivity index (χ1n) is 5.41. The van der Waals surface area contributed by atoms with Crippen LogP contribution in [0, 0.1) is 5.92 Å². The molecule has 0 amide bonds. The predicted molar refractivity (Wildman–Crippen MR) is 66.2 cm³/mol. The van der Waals surface area contributed by atoms with Crippen molar-refractivity contribution in [2.75, 3.05) is 33.1 Å². The molecule has 0 aliphatic heterocycles. The molecule has 0 rings (SSSR count). The van der Waals surface area contributed by atoms with Crippen molar-refractivity contribution in [3.05, 3.63) is 0 Å². The number of likely N-dealkylation sites (N-methyl/N-ethyl adjacent to an activating group) is 1. The summed E-state index contributed by atoms with van der Waals surface area (Å²) in [6.07, 6.45) is 2.47. The van der Waals surface area contributed by atoms with Crippen LogP contribution in [0.25, 0.3) is 0 Å². The third kappa shape index (κ3) is 6.68. The predicted octanol–water partition coefficient (Wildman–Crippen LogP) is 2.30. The summed E-state index contributed by atoms with van der Waals surface area (Å²) in [5.74, 6) is 1.78. The fourth-order valence-electron chi connectivity index (χ4n) is 1.38. The Morgan fingerprint density at radius 1 is 1.29 bits per heavy atom. The lowest BCUT2D eigenvalue weighted by atomic mass is 10.0. The van der Waals surface area contributed by atoms with Gasteiger partial charge in [-0.15, -0.1) is 0 Å². The summed E-state index contributed by atoms with van der Waals surface area (Å²) < 4.78 is 5.13. The van der Waals surface area contributed by atoms with Crippen LogP contribution in [0.5, 0.6) is 0 Å². The lowest BCUT2D eigenvalue weighted by Crippen LogP contribution is -2.34. The number of rotatable bonds is 8. The van der Waals surface area contributed by atoms with E-state index in [-0.39, 0.29) is 0 Å². The first-order valence-corrected chi connectivity index (χ1v) is 6.05. The minimum atomic E-state index is 0.517. The zero-order valence-electron chi connectivity index (χ0n) is 9.99. The Morgan fingerprint density at radius 3 is 2.43 bits per heavy atom. The van der Waals surface area contributed by atoms with Gasteiger partial charge in [0.2, 0.25) is 0 Å². The Morgan fingerprint density at radius 2 is 1.93 bits per heavy atom. The molecule has 0 aromatic carbocycles. The van der Waals surface area contributed by atoms with E-state index in [1.165, 1.54) is 12.8 Å². The second-order valence-corrected chi connectivity index (χ2v) is 4.64. The van der Waals surface area contributed by atoms with Gasteiger partial charge >= 0.3 is 0 Å². The van der Waals surface area contributed by atoms with E-state index in [0.29, 0.717) is 6.04 Å². The van der Waals surface area contributed by atoms with E-state index in [4.69, 9.17) is 4.74 Å². The van der Waals surface area contributed by atoms with Crippen LogP contribution >= 0.6 is 12.6 Å². The molecule has 0 aliphatic carbocycles. The highest BCUT2D eigenvalue weighted by atomic mass is 32.1. The van der Waals surface area contributed by atoms with E-state index in [0.717, 1.165) is 24.8 Å². The molecule has 0 saturated heterocycles. The highest BCUT2D eigenvalue weighted by molar-refractivity contribution is 7.80. The molecule has 2 unspecified atom stereocenters. The molecule has 0 aliphatic rings. The molecular weight excluding hydrogens is 194 g/mol. The second-order valence-electron chi connectivity index (χ2n) is 4.19. The van der Waals surface area contributed by atoms with E-state index in [2.05, 4.69) is 38.4 Å². The molecule has 86 valence electrons. The van der Waals surface area contributed by atoms with Crippen LogP contribution in [-0.2, 0) is 4.74 Å². The molecule has 0 fully saturated rings. The van der Waals surface area contributed by atoms with Gasteiger partial charge in [-0.1, -0.05) is 6.92 Å². The molecule has 0 saturated carbocycles. The van der Waals surface area contributed by atoms with Gasteiger partial charge in [0.1, 0.15) is 0 Å². The topological polar surface area (TPSA) is 12.5 Å². The number of ether oxygens (including phenoxy) is 1. The summed E-state index contributed by atoms with van der Waals surface area (Å²) in [4.78, 5) is 2.36. The van der Waals surface area contributed by atoms with Crippen LogP contribution in [0.4, 0.5) is 0 Å². The Kier molecular flexibility index (Phi) is 8.73. The normalized spacial score (nSPS) is 15.9. The van der Waals surface area contributed by atoms with Gasteiger partial charge in [-0.3, -0.25) is 0 Å². The SMILES string of the molecule is COCC(C)N(C)CCC(C)CCS. The van der Waals surface area contributed by atoms with Crippen molar-refractivity contribution in [3.8, 4) is 0 Å². The van der Waals surface area contributed by atoms with E-state index in [9.17, 15) is 0 Å². The molecule has 0 spiro atoms. The maximum absolute atomic E-state index is 5.13. The van der Waals surface area contributed by atoms with Crippen LogP contribution < -0.4 is 0 Å². The lowest BCUT2D eigenvalue weighted by molar-refractivity contribution is 0.112. The van der Waals surface area contributed by atoms with Crippen molar-refractivity contribution in [2.24, 2.45) is 5.92 Å². The second kappa shape index (κ2) is 8.57. The minimum Gasteiger partial charge on any atom is -0.383 e. The molecule has 14 heavy (non-hydrogen) atoms. The third-order valence-electron chi connectivity index (χ3n) is 2.76. The van der Waals surface area contributed by atoms with E-state index in [1.807, 2.05) is 0 Å². The molecule has 0 heterocycles. The summed E-state index contributed by atoms with van der Waals surface area (Å²) in [7, 11) is 3.92. The highest BCUT2D eigenvalue weighted by Gasteiger charge is 2.09. The molecule has 0 aromatic heterocycles.